The van der Waals surface area contributed by atoms with Crippen molar-refractivity contribution in [3.63, 3.8) is 0 Å². The number of carbonyl (C=O) groups excluding carboxylic acids is 2. The van der Waals surface area contributed by atoms with E-state index in [9.17, 15) is 35.3 Å². The molecule has 0 amide bonds. The highest BCUT2D eigenvalue weighted by molar-refractivity contribution is 9.10. The Hall–Kier alpha value is -3.54. The topological polar surface area (TPSA) is 154 Å². The van der Waals surface area contributed by atoms with Crippen LogP contribution in [0.4, 0.5) is 5.69 Å². The second-order valence-corrected chi connectivity index (χ2v) is 8.10. The minimum Gasteiger partial charge on any atom is -0.502 e. The van der Waals surface area contributed by atoms with E-state index in [4.69, 9.17) is 4.74 Å². The van der Waals surface area contributed by atoms with E-state index in [-0.39, 0.29) is 39.1 Å². The first-order chi connectivity index (χ1) is 14.6. The van der Waals surface area contributed by atoms with E-state index in [1.807, 2.05) is 6.07 Å². The molecule has 0 aliphatic carbocycles. The van der Waals surface area contributed by atoms with Gasteiger partial charge in [0.25, 0.3) is 0 Å². The van der Waals surface area contributed by atoms with Gasteiger partial charge in [-0.25, -0.2) is 4.79 Å². The van der Waals surface area contributed by atoms with E-state index >= 15 is 0 Å². The number of ether oxygens (including phenoxy) is 1. The largest absolute Gasteiger partial charge is 0.502 e. The molecule has 0 unspecified atom stereocenters. The number of hydrogen-bond acceptors (Lipinski definition) is 9. The highest BCUT2D eigenvalue weighted by atomic mass is 79.9. The lowest BCUT2D eigenvalue weighted by Crippen LogP contribution is -2.05. The third kappa shape index (κ3) is 5.15. The van der Waals surface area contributed by atoms with Crippen molar-refractivity contribution >= 4 is 50.8 Å². The van der Waals surface area contributed by atoms with Crippen LogP contribution < -0.4 is 0 Å². The van der Waals surface area contributed by atoms with Gasteiger partial charge in [0.2, 0.25) is 5.75 Å². The van der Waals surface area contributed by atoms with E-state index in [0.29, 0.717) is 10.4 Å². The number of aromatic hydroxyl groups is 1. The number of phenolic OH excluding ortho intramolecular Hbond substituents is 1. The van der Waals surface area contributed by atoms with Crippen LogP contribution >= 0.6 is 27.3 Å². The molecule has 1 aromatic heterocycles. The number of rotatable bonds is 7. The second-order valence-electron chi connectivity index (χ2n) is 6.08. The van der Waals surface area contributed by atoms with Gasteiger partial charge >= 0.3 is 11.7 Å². The number of hydrogen-bond donors (Lipinski definition) is 1. The zero-order chi connectivity index (χ0) is 23.3. The fourth-order valence-electron chi connectivity index (χ4n) is 2.66. The Balaban J connectivity index is 2.45. The van der Waals surface area contributed by atoms with Gasteiger partial charge in [-0.1, -0.05) is 15.9 Å². The molecule has 1 N–H and O–H groups in total. The van der Waals surface area contributed by atoms with E-state index in [2.05, 4.69) is 15.9 Å². The van der Waals surface area contributed by atoms with Gasteiger partial charge in [0.15, 0.2) is 5.78 Å². The molecule has 2 aromatic rings. The van der Waals surface area contributed by atoms with Crippen LogP contribution in [0.3, 0.4) is 0 Å². The number of nitro benzene ring substituents is 1. The number of thiophene rings is 1. The van der Waals surface area contributed by atoms with Crippen molar-refractivity contribution in [3.05, 3.63) is 58.7 Å². The lowest BCUT2D eigenvalue weighted by atomic mass is 10.0. The predicted molar refractivity (Wildman–Crippen MR) is 114 cm³/mol. The van der Waals surface area contributed by atoms with Crippen LogP contribution in [0.25, 0.3) is 6.08 Å². The number of halogens is 1. The van der Waals surface area contributed by atoms with E-state index < -0.39 is 28.1 Å². The first-order valence-corrected chi connectivity index (χ1v) is 10.3. The van der Waals surface area contributed by atoms with Crippen molar-refractivity contribution in [3.8, 4) is 17.9 Å². The van der Waals surface area contributed by atoms with Crippen molar-refractivity contribution in [1.82, 2.24) is 0 Å². The molecule has 0 fully saturated rings. The molecule has 9 nitrogen and oxygen atoms in total. The van der Waals surface area contributed by atoms with Gasteiger partial charge in [-0.05, 0) is 31.6 Å². The Morgan fingerprint density at radius 1 is 1.39 bits per heavy atom. The Morgan fingerprint density at radius 2 is 2.06 bits per heavy atom. The van der Waals surface area contributed by atoms with Crippen molar-refractivity contribution in [2.45, 2.75) is 20.3 Å². The van der Waals surface area contributed by atoms with Crippen LogP contribution in [0.5, 0.6) is 5.75 Å². The van der Waals surface area contributed by atoms with Gasteiger partial charge in [0, 0.05) is 27.4 Å². The maximum atomic E-state index is 12.7. The number of ketones is 1. The Bertz CT molecular complexity index is 1200. The van der Waals surface area contributed by atoms with E-state index in [1.165, 1.54) is 6.07 Å². The maximum Gasteiger partial charge on any atom is 0.348 e. The molecule has 0 radical (unpaired) electrons. The fraction of sp³-hybridized carbons (Fsp3) is 0.200. The molecule has 0 atom stereocenters. The Kier molecular flexibility index (Phi) is 7.64. The zero-order valence-electron chi connectivity index (χ0n) is 16.3. The predicted octanol–water partition coefficient (Wildman–Crippen LogP) is 4.20. The average molecular weight is 504 g/mol. The van der Waals surface area contributed by atoms with Crippen LogP contribution in [0.15, 0.2) is 22.2 Å². The summed E-state index contributed by atoms with van der Waals surface area (Å²) in [5.41, 5.74) is -0.530. The summed E-state index contributed by atoms with van der Waals surface area (Å²) in [5, 5.41) is 40.0. The number of nitriles is 2. The summed E-state index contributed by atoms with van der Waals surface area (Å²) in [4.78, 5) is 35.5. The fourth-order valence-corrected chi connectivity index (χ4v) is 4.27. The molecule has 1 aromatic carbocycles. The molecule has 31 heavy (non-hydrogen) atoms. The molecule has 0 saturated carbocycles. The van der Waals surface area contributed by atoms with Gasteiger partial charge in [0.05, 0.1) is 22.7 Å². The number of nitro groups is 1. The molecule has 2 rings (SSSR count). The Labute approximate surface area is 189 Å². The third-order valence-electron chi connectivity index (χ3n) is 4.11. The van der Waals surface area contributed by atoms with Gasteiger partial charge in [-0.3, -0.25) is 14.9 Å². The van der Waals surface area contributed by atoms with E-state index in [1.54, 1.807) is 19.9 Å². The monoisotopic (exact) mass is 503 g/mol. The first kappa shape index (κ1) is 23.7. The summed E-state index contributed by atoms with van der Waals surface area (Å²) < 4.78 is 5.23. The summed E-state index contributed by atoms with van der Waals surface area (Å²) in [6.07, 6.45) is 0.693. The summed E-state index contributed by atoms with van der Waals surface area (Å²) >= 11 is 4.02. The molecule has 0 aliphatic heterocycles. The third-order valence-corrected chi connectivity index (χ3v) is 5.84. The summed E-state index contributed by atoms with van der Waals surface area (Å²) in [6, 6.07) is 6.08. The minimum absolute atomic E-state index is 0.0962. The lowest BCUT2D eigenvalue weighted by molar-refractivity contribution is -0.385. The number of phenols is 1. The summed E-state index contributed by atoms with van der Waals surface area (Å²) in [6.45, 7) is 3.35. The first-order valence-electron chi connectivity index (χ1n) is 8.65. The number of esters is 1. The molecule has 0 saturated heterocycles. The van der Waals surface area contributed by atoms with Crippen molar-refractivity contribution in [2.75, 3.05) is 6.61 Å². The molecule has 0 spiro atoms. The number of nitrogens with zero attached hydrogens (tertiary/aromatic N) is 3. The van der Waals surface area contributed by atoms with Crippen LogP contribution in [0.2, 0.25) is 0 Å². The summed E-state index contributed by atoms with van der Waals surface area (Å²) in [7, 11) is 0. The molecule has 158 valence electrons. The normalized spacial score (nSPS) is 10.8. The van der Waals surface area contributed by atoms with Crippen molar-refractivity contribution < 1.29 is 24.4 Å². The maximum absolute atomic E-state index is 12.7. The lowest BCUT2D eigenvalue weighted by Gasteiger charge is -2.03. The molecule has 0 aliphatic rings. The average Bonchev–Trinajstić information content (AvgIpc) is 3.03. The van der Waals surface area contributed by atoms with Gasteiger partial charge in [0.1, 0.15) is 17.0 Å². The van der Waals surface area contributed by atoms with Crippen LogP contribution in [-0.2, 0) is 16.0 Å². The van der Waals surface area contributed by atoms with Gasteiger partial charge < -0.3 is 9.84 Å². The molecule has 0 bridgehead atoms. The molecular weight excluding hydrogens is 490 g/mol. The quantitative estimate of drug-likeness (QED) is 0.193. The van der Waals surface area contributed by atoms with Crippen molar-refractivity contribution in [1.29, 1.82) is 10.5 Å². The molecular formula is C20H14BrN3O6S. The summed E-state index contributed by atoms with van der Waals surface area (Å²) in [5.74, 6) is -1.98. The highest BCUT2D eigenvalue weighted by Crippen LogP contribution is 2.35. The number of carbonyl (C=O) groups is 2. The van der Waals surface area contributed by atoms with Gasteiger partial charge in [-0.2, -0.15) is 10.5 Å². The highest BCUT2D eigenvalue weighted by Gasteiger charge is 2.24. The number of Topliss-reactive ketones (excluding diaryl/α,β-unsaturated/α-hetero) is 1. The standard InChI is InChI=1S/C20H14BrN3O6S/c1-3-30-20(27)19-10(2)14(9-23)17(31-19)7-16(25)12(8-22)4-11-5-13(21)6-15(18(11)26)24(28)29/h4-6,26H,3,7H2,1-2H3. The van der Waals surface area contributed by atoms with Crippen molar-refractivity contribution in [2.24, 2.45) is 0 Å². The molecule has 1 heterocycles. The SMILES string of the molecule is CCOC(=O)c1sc(CC(=O)C(C#N)=Cc2cc(Br)cc([N+](=O)[O-])c2O)c(C#N)c1C. The van der Waals surface area contributed by atoms with E-state index in [0.717, 1.165) is 23.5 Å². The van der Waals surface area contributed by atoms with Crippen LogP contribution in [-0.4, -0.2) is 28.4 Å². The minimum atomic E-state index is -0.796. The smallest absolute Gasteiger partial charge is 0.348 e. The molecule has 11 heteroatoms. The number of benzene rings is 1. The van der Waals surface area contributed by atoms with Gasteiger partial charge in [-0.15, -0.1) is 11.3 Å². The van der Waals surface area contributed by atoms with Crippen LogP contribution in [0, 0.1) is 39.7 Å². The number of allylic oxidation sites excluding steroid dienone is 1. The van der Waals surface area contributed by atoms with Crippen LogP contribution in [0.1, 0.15) is 38.2 Å². The second kappa shape index (κ2) is 9.98. The zero-order valence-corrected chi connectivity index (χ0v) is 18.7. The Morgan fingerprint density at radius 3 is 2.61 bits per heavy atom.